The van der Waals surface area contributed by atoms with E-state index in [-0.39, 0.29) is 24.2 Å². The molecule has 92 valence electrons. The Balaban J connectivity index is 1.54. The van der Waals surface area contributed by atoms with Crippen molar-refractivity contribution in [1.29, 1.82) is 0 Å². The lowest BCUT2D eigenvalue weighted by molar-refractivity contribution is -0.219. The third-order valence-electron chi connectivity index (χ3n) is 3.70. The largest absolute Gasteiger partial charge is 0.380 e. The molecule has 17 heavy (non-hydrogen) atoms. The highest BCUT2D eigenvalue weighted by atomic mass is 16.7. The molecule has 3 aliphatic rings. The van der Waals surface area contributed by atoms with Crippen molar-refractivity contribution in [2.45, 2.75) is 25.7 Å². The van der Waals surface area contributed by atoms with Gasteiger partial charge in [-0.25, -0.2) is 4.79 Å². The lowest BCUT2D eigenvalue weighted by Gasteiger charge is -2.52. The molecule has 0 radical (unpaired) electrons. The highest BCUT2D eigenvalue weighted by molar-refractivity contribution is 6.01. The van der Waals surface area contributed by atoms with E-state index >= 15 is 0 Å². The quantitative estimate of drug-likeness (QED) is 0.635. The van der Waals surface area contributed by atoms with Gasteiger partial charge < -0.3 is 9.57 Å². The molecule has 2 heterocycles. The van der Waals surface area contributed by atoms with Gasteiger partial charge in [0.2, 0.25) is 0 Å². The van der Waals surface area contributed by atoms with Crippen molar-refractivity contribution in [2.24, 2.45) is 11.3 Å². The topological polar surface area (TPSA) is 72.9 Å². The second-order valence-electron chi connectivity index (χ2n) is 5.09. The van der Waals surface area contributed by atoms with Crippen molar-refractivity contribution < 1.29 is 24.0 Å². The molecule has 0 aromatic carbocycles. The summed E-state index contributed by atoms with van der Waals surface area (Å²) in [6.45, 7) is 1.41. The molecule has 2 aliphatic heterocycles. The van der Waals surface area contributed by atoms with E-state index in [9.17, 15) is 14.4 Å². The molecular formula is C11H13NO5. The fourth-order valence-corrected chi connectivity index (χ4v) is 2.60. The van der Waals surface area contributed by atoms with Gasteiger partial charge in [-0.05, 0) is 12.8 Å². The molecule has 1 spiro atoms. The summed E-state index contributed by atoms with van der Waals surface area (Å²) >= 11 is 0. The Kier molecular flexibility index (Phi) is 2.22. The number of hydrogen-bond acceptors (Lipinski definition) is 5. The third kappa shape index (κ3) is 1.63. The van der Waals surface area contributed by atoms with Crippen LogP contribution in [0.2, 0.25) is 0 Å². The average Bonchev–Trinajstić information content (AvgIpc) is 2.45. The van der Waals surface area contributed by atoms with E-state index in [0.29, 0.717) is 18.3 Å². The number of imide groups is 1. The smallest absolute Gasteiger partial charge is 0.336 e. The monoisotopic (exact) mass is 239 g/mol. The Labute approximate surface area is 97.8 Å². The van der Waals surface area contributed by atoms with E-state index in [1.54, 1.807) is 0 Å². The Hall–Kier alpha value is -1.43. The first-order valence-corrected chi connectivity index (χ1v) is 5.75. The van der Waals surface area contributed by atoms with E-state index in [1.165, 1.54) is 0 Å². The van der Waals surface area contributed by atoms with Crippen LogP contribution in [0.3, 0.4) is 0 Å². The second kappa shape index (κ2) is 3.53. The fraction of sp³-hybridized carbons (Fsp3) is 0.727. The van der Waals surface area contributed by atoms with Crippen molar-refractivity contribution in [3.05, 3.63) is 0 Å². The molecule has 0 aromatic heterocycles. The SMILES string of the molecule is O=C(ON1C(=O)CCC1=O)C1CC2(COC2)C1. The number of hydroxylamine groups is 2. The summed E-state index contributed by atoms with van der Waals surface area (Å²) in [5.41, 5.74) is 0.169. The van der Waals surface area contributed by atoms with Crippen LogP contribution >= 0.6 is 0 Å². The van der Waals surface area contributed by atoms with Crippen molar-refractivity contribution in [3.63, 3.8) is 0 Å². The number of carbonyl (C=O) groups is 3. The molecule has 3 fully saturated rings. The summed E-state index contributed by atoms with van der Waals surface area (Å²) in [5.74, 6) is -1.51. The number of hydrogen-bond donors (Lipinski definition) is 0. The summed E-state index contributed by atoms with van der Waals surface area (Å²) in [4.78, 5) is 39.1. The van der Waals surface area contributed by atoms with Gasteiger partial charge in [-0.3, -0.25) is 9.59 Å². The Morgan fingerprint density at radius 2 is 1.82 bits per heavy atom. The highest BCUT2D eigenvalue weighted by Gasteiger charge is 2.53. The molecule has 2 saturated heterocycles. The van der Waals surface area contributed by atoms with Gasteiger partial charge in [0.05, 0.1) is 19.1 Å². The van der Waals surface area contributed by atoms with Crippen LogP contribution < -0.4 is 0 Å². The third-order valence-corrected chi connectivity index (χ3v) is 3.70. The van der Waals surface area contributed by atoms with Crippen molar-refractivity contribution in [1.82, 2.24) is 5.06 Å². The number of rotatable bonds is 2. The fourth-order valence-electron chi connectivity index (χ4n) is 2.60. The van der Waals surface area contributed by atoms with Gasteiger partial charge in [0.15, 0.2) is 0 Å². The van der Waals surface area contributed by atoms with Crippen molar-refractivity contribution >= 4 is 17.8 Å². The lowest BCUT2D eigenvalue weighted by atomic mass is 9.61. The molecule has 6 nitrogen and oxygen atoms in total. The highest BCUT2D eigenvalue weighted by Crippen LogP contribution is 2.51. The molecule has 0 N–H and O–H groups in total. The molecule has 1 aliphatic carbocycles. The molecule has 3 rings (SSSR count). The van der Waals surface area contributed by atoms with Gasteiger partial charge >= 0.3 is 5.97 Å². The molecular weight excluding hydrogens is 226 g/mol. The number of amides is 2. The predicted molar refractivity (Wildman–Crippen MR) is 53.2 cm³/mol. The molecule has 0 unspecified atom stereocenters. The minimum atomic E-state index is -0.467. The maximum atomic E-state index is 11.7. The lowest BCUT2D eigenvalue weighted by Crippen LogP contribution is -2.55. The molecule has 0 atom stereocenters. The molecule has 6 heteroatoms. The van der Waals surface area contributed by atoms with Gasteiger partial charge in [0, 0.05) is 18.3 Å². The molecule has 0 aromatic rings. The van der Waals surface area contributed by atoms with Crippen LogP contribution in [0.15, 0.2) is 0 Å². The van der Waals surface area contributed by atoms with Crippen LogP contribution in [0.4, 0.5) is 0 Å². The van der Waals surface area contributed by atoms with Crippen LogP contribution in [0.25, 0.3) is 0 Å². The van der Waals surface area contributed by atoms with Crippen LogP contribution in [-0.2, 0) is 24.0 Å². The van der Waals surface area contributed by atoms with Crippen LogP contribution in [0, 0.1) is 11.3 Å². The summed E-state index contributed by atoms with van der Waals surface area (Å²) < 4.78 is 5.10. The molecule has 0 bridgehead atoms. The Bertz CT molecular complexity index is 377. The van der Waals surface area contributed by atoms with E-state index in [1.807, 2.05) is 0 Å². The van der Waals surface area contributed by atoms with Gasteiger partial charge in [-0.15, -0.1) is 5.06 Å². The number of nitrogens with zero attached hydrogens (tertiary/aromatic N) is 1. The maximum absolute atomic E-state index is 11.7. The standard InChI is InChI=1S/C11H13NO5/c13-8-1-2-9(14)12(8)17-10(15)7-3-11(4-7)5-16-6-11/h7H,1-6H2. The van der Waals surface area contributed by atoms with E-state index < -0.39 is 17.8 Å². The predicted octanol–water partition coefficient (Wildman–Crippen LogP) is 0.0202. The summed E-state index contributed by atoms with van der Waals surface area (Å²) in [6, 6.07) is 0. The number of carbonyl (C=O) groups excluding carboxylic acids is 3. The maximum Gasteiger partial charge on any atom is 0.336 e. The zero-order valence-corrected chi connectivity index (χ0v) is 9.31. The van der Waals surface area contributed by atoms with Gasteiger partial charge in [0.1, 0.15) is 0 Å². The summed E-state index contributed by atoms with van der Waals surface area (Å²) in [6.07, 6.45) is 1.74. The van der Waals surface area contributed by atoms with Gasteiger partial charge in [0.25, 0.3) is 11.8 Å². The van der Waals surface area contributed by atoms with Crippen LogP contribution in [-0.4, -0.2) is 36.1 Å². The number of ether oxygens (including phenoxy) is 1. The van der Waals surface area contributed by atoms with Crippen LogP contribution in [0.1, 0.15) is 25.7 Å². The summed E-state index contributed by atoms with van der Waals surface area (Å²) in [5, 5.41) is 0.616. The van der Waals surface area contributed by atoms with E-state index in [2.05, 4.69) is 0 Å². The Morgan fingerprint density at radius 3 is 2.29 bits per heavy atom. The van der Waals surface area contributed by atoms with E-state index in [4.69, 9.17) is 9.57 Å². The normalized spacial score (nSPS) is 26.9. The first kappa shape index (κ1) is 10.7. The van der Waals surface area contributed by atoms with Gasteiger partial charge in [-0.2, -0.15) is 0 Å². The first-order chi connectivity index (χ1) is 8.10. The Morgan fingerprint density at radius 1 is 1.24 bits per heavy atom. The average molecular weight is 239 g/mol. The minimum Gasteiger partial charge on any atom is -0.380 e. The van der Waals surface area contributed by atoms with Gasteiger partial charge in [-0.1, -0.05) is 0 Å². The van der Waals surface area contributed by atoms with E-state index in [0.717, 1.165) is 12.8 Å². The van der Waals surface area contributed by atoms with Crippen molar-refractivity contribution in [3.8, 4) is 0 Å². The van der Waals surface area contributed by atoms with Crippen LogP contribution in [0.5, 0.6) is 0 Å². The molecule has 2 amide bonds. The zero-order chi connectivity index (χ0) is 12.0. The first-order valence-electron chi connectivity index (χ1n) is 5.75. The second-order valence-corrected chi connectivity index (χ2v) is 5.09. The zero-order valence-electron chi connectivity index (χ0n) is 9.31. The minimum absolute atomic E-state index is 0.133. The van der Waals surface area contributed by atoms with Crippen molar-refractivity contribution in [2.75, 3.05) is 13.2 Å². The molecule has 1 saturated carbocycles. The summed E-state index contributed by atoms with van der Waals surface area (Å²) in [7, 11) is 0.